The van der Waals surface area contributed by atoms with Crippen LogP contribution in [-0.2, 0) is 9.59 Å². The smallest absolute Gasteiger partial charge is 0.335 e. The van der Waals surface area contributed by atoms with Gasteiger partial charge < -0.3 is 9.47 Å². The first-order valence-corrected chi connectivity index (χ1v) is 11.1. The SMILES string of the molecule is Cc1cc(/C=C2\C(=O)NC(=O)N(c3ccc(Br)cc3)C2=O)c(C)n1-c1ccc(N(C)C)cc1. The predicted molar refractivity (Wildman–Crippen MR) is 133 cm³/mol. The summed E-state index contributed by atoms with van der Waals surface area (Å²) in [6.07, 6.45) is 1.54. The number of anilines is 2. The van der Waals surface area contributed by atoms with Crippen molar-refractivity contribution in [2.75, 3.05) is 23.9 Å². The molecule has 33 heavy (non-hydrogen) atoms. The number of aromatic nitrogens is 1. The molecule has 2 heterocycles. The lowest BCUT2D eigenvalue weighted by Crippen LogP contribution is -2.54. The molecule has 1 N–H and O–H groups in total. The molecule has 1 fully saturated rings. The Hall–Kier alpha value is -3.65. The first-order chi connectivity index (χ1) is 15.7. The molecule has 2 aromatic carbocycles. The molecular formula is C25H23BrN4O3. The van der Waals surface area contributed by atoms with Gasteiger partial charge in [0.2, 0.25) is 0 Å². The second-order valence-electron chi connectivity index (χ2n) is 8.01. The summed E-state index contributed by atoms with van der Waals surface area (Å²) in [5, 5.41) is 2.27. The van der Waals surface area contributed by atoms with Crippen molar-refractivity contribution in [2.45, 2.75) is 13.8 Å². The molecule has 4 rings (SSSR count). The molecule has 1 aromatic heterocycles. The maximum Gasteiger partial charge on any atom is 0.335 e. The Kier molecular flexibility index (Phi) is 5.95. The maximum absolute atomic E-state index is 13.2. The lowest BCUT2D eigenvalue weighted by molar-refractivity contribution is -0.122. The van der Waals surface area contributed by atoms with Gasteiger partial charge >= 0.3 is 6.03 Å². The van der Waals surface area contributed by atoms with Gasteiger partial charge in [0.1, 0.15) is 5.57 Å². The van der Waals surface area contributed by atoms with E-state index >= 15 is 0 Å². The standard InChI is InChI=1S/C25H23BrN4O3/c1-15-13-17(16(2)29(15)20-11-9-19(10-12-20)28(3)4)14-22-23(31)27-25(33)30(24(22)32)21-7-5-18(26)6-8-21/h5-14H,1-4H3,(H,27,31,33)/b22-14+. The van der Waals surface area contributed by atoms with E-state index in [1.807, 2.05) is 63.2 Å². The second kappa shape index (κ2) is 8.71. The van der Waals surface area contributed by atoms with Crippen LogP contribution < -0.4 is 15.1 Å². The van der Waals surface area contributed by atoms with Crippen molar-refractivity contribution >= 4 is 51.2 Å². The largest absolute Gasteiger partial charge is 0.378 e. The summed E-state index contributed by atoms with van der Waals surface area (Å²) < 4.78 is 2.88. The van der Waals surface area contributed by atoms with Crippen LogP contribution in [0.25, 0.3) is 11.8 Å². The van der Waals surface area contributed by atoms with Crippen molar-refractivity contribution < 1.29 is 14.4 Å². The van der Waals surface area contributed by atoms with Gasteiger partial charge in [-0.25, -0.2) is 9.69 Å². The van der Waals surface area contributed by atoms with Gasteiger partial charge in [-0.05, 0) is 80.1 Å². The zero-order valence-electron chi connectivity index (χ0n) is 18.7. The number of rotatable bonds is 4. The highest BCUT2D eigenvalue weighted by Gasteiger charge is 2.37. The zero-order chi connectivity index (χ0) is 23.9. The van der Waals surface area contributed by atoms with E-state index in [2.05, 4.69) is 25.8 Å². The number of amides is 4. The summed E-state index contributed by atoms with van der Waals surface area (Å²) in [6, 6.07) is 16.0. The number of hydrogen-bond donors (Lipinski definition) is 1. The molecule has 1 aliphatic rings. The van der Waals surface area contributed by atoms with Gasteiger partial charge in [-0.3, -0.25) is 14.9 Å². The van der Waals surface area contributed by atoms with Crippen molar-refractivity contribution in [1.82, 2.24) is 9.88 Å². The molecule has 3 aromatic rings. The third kappa shape index (κ3) is 4.21. The zero-order valence-corrected chi connectivity index (χ0v) is 20.3. The number of carbonyl (C=O) groups is 3. The summed E-state index contributed by atoms with van der Waals surface area (Å²) in [4.78, 5) is 41.1. The molecule has 0 atom stereocenters. The first-order valence-electron chi connectivity index (χ1n) is 10.3. The van der Waals surface area contributed by atoms with Gasteiger partial charge in [0, 0.05) is 41.3 Å². The summed E-state index contributed by atoms with van der Waals surface area (Å²) in [6.45, 7) is 3.90. The fraction of sp³-hybridized carbons (Fsp3) is 0.160. The highest BCUT2D eigenvalue weighted by molar-refractivity contribution is 9.10. The van der Waals surface area contributed by atoms with Gasteiger partial charge in [-0.2, -0.15) is 0 Å². The number of benzene rings is 2. The predicted octanol–water partition coefficient (Wildman–Crippen LogP) is 4.59. The Morgan fingerprint density at radius 2 is 1.52 bits per heavy atom. The van der Waals surface area contributed by atoms with Crippen LogP contribution in [0.5, 0.6) is 0 Å². The average Bonchev–Trinajstić information content (AvgIpc) is 3.05. The normalized spacial score (nSPS) is 15.2. The first kappa shape index (κ1) is 22.5. The van der Waals surface area contributed by atoms with Crippen LogP contribution in [0.15, 0.2) is 64.6 Å². The minimum absolute atomic E-state index is 0.0966. The van der Waals surface area contributed by atoms with Crippen molar-refractivity contribution in [3.05, 3.63) is 81.6 Å². The molecule has 0 spiro atoms. The van der Waals surface area contributed by atoms with Gasteiger partial charge in [0.05, 0.1) is 5.69 Å². The van der Waals surface area contributed by atoms with Crippen molar-refractivity contribution in [2.24, 2.45) is 0 Å². The molecule has 168 valence electrons. The van der Waals surface area contributed by atoms with Gasteiger partial charge in [-0.1, -0.05) is 15.9 Å². The van der Waals surface area contributed by atoms with E-state index in [9.17, 15) is 14.4 Å². The topological polar surface area (TPSA) is 74.6 Å². The number of halogens is 1. The lowest BCUT2D eigenvalue weighted by Gasteiger charge is -2.26. The monoisotopic (exact) mass is 506 g/mol. The Balaban J connectivity index is 1.72. The van der Waals surface area contributed by atoms with Crippen LogP contribution in [0.1, 0.15) is 17.0 Å². The van der Waals surface area contributed by atoms with Crippen LogP contribution in [-0.4, -0.2) is 36.5 Å². The molecule has 1 saturated heterocycles. The number of nitrogens with zero attached hydrogens (tertiary/aromatic N) is 3. The fourth-order valence-electron chi connectivity index (χ4n) is 3.87. The Bertz CT molecular complexity index is 1290. The number of imide groups is 2. The number of urea groups is 1. The summed E-state index contributed by atoms with van der Waals surface area (Å²) >= 11 is 3.34. The van der Waals surface area contributed by atoms with E-state index in [0.29, 0.717) is 5.69 Å². The fourth-order valence-corrected chi connectivity index (χ4v) is 4.13. The summed E-state index contributed by atoms with van der Waals surface area (Å²) in [7, 11) is 3.97. The summed E-state index contributed by atoms with van der Waals surface area (Å²) in [5.74, 6) is -1.37. The molecule has 8 heteroatoms. The van der Waals surface area contributed by atoms with E-state index in [1.54, 1.807) is 30.3 Å². The van der Waals surface area contributed by atoms with Crippen LogP contribution >= 0.6 is 15.9 Å². The number of carbonyl (C=O) groups excluding carboxylic acids is 3. The highest BCUT2D eigenvalue weighted by atomic mass is 79.9. The molecule has 0 aliphatic carbocycles. The van der Waals surface area contributed by atoms with Crippen LogP contribution in [0.4, 0.5) is 16.2 Å². The molecule has 0 bridgehead atoms. The minimum atomic E-state index is -0.768. The Morgan fingerprint density at radius 3 is 2.12 bits per heavy atom. The Morgan fingerprint density at radius 1 is 0.909 bits per heavy atom. The minimum Gasteiger partial charge on any atom is -0.378 e. The van der Waals surface area contributed by atoms with Crippen molar-refractivity contribution in [3.8, 4) is 5.69 Å². The van der Waals surface area contributed by atoms with Crippen LogP contribution in [0.2, 0.25) is 0 Å². The van der Waals surface area contributed by atoms with E-state index in [1.165, 1.54) is 0 Å². The van der Waals surface area contributed by atoms with E-state index in [-0.39, 0.29) is 5.57 Å². The molecule has 0 unspecified atom stereocenters. The van der Waals surface area contributed by atoms with Crippen LogP contribution in [0, 0.1) is 13.8 Å². The summed E-state index contributed by atoms with van der Waals surface area (Å²) in [5.41, 5.74) is 4.92. The maximum atomic E-state index is 13.2. The molecule has 7 nitrogen and oxygen atoms in total. The van der Waals surface area contributed by atoms with Gasteiger partial charge in [-0.15, -0.1) is 0 Å². The highest BCUT2D eigenvalue weighted by Crippen LogP contribution is 2.27. The van der Waals surface area contributed by atoms with E-state index in [0.717, 1.165) is 37.7 Å². The van der Waals surface area contributed by atoms with Crippen molar-refractivity contribution in [1.29, 1.82) is 0 Å². The molecule has 1 aliphatic heterocycles. The van der Waals surface area contributed by atoms with E-state index < -0.39 is 17.8 Å². The molecule has 0 saturated carbocycles. The van der Waals surface area contributed by atoms with Crippen molar-refractivity contribution in [3.63, 3.8) is 0 Å². The van der Waals surface area contributed by atoms with E-state index in [4.69, 9.17) is 0 Å². The van der Waals surface area contributed by atoms with Gasteiger partial charge in [0.15, 0.2) is 0 Å². The second-order valence-corrected chi connectivity index (χ2v) is 8.92. The third-order valence-corrected chi connectivity index (χ3v) is 6.11. The lowest BCUT2D eigenvalue weighted by atomic mass is 10.1. The molecular weight excluding hydrogens is 484 g/mol. The van der Waals surface area contributed by atoms with Gasteiger partial charge in [0.25, 0.3) is 11.8 Å². The third-order valence-electron chi connectivity index (χ3n) is 5.58. The number of aryl methyl sites for hydroxylation is 1. The Labute approximate surface area is 200 Å². The quantitative estimate of drug-likeness (QED) is 0.414. The number of barbiturate groups is 1. The van der Waals surface area contributed by atoms with Crippen LogP contribution in [0.3, 0.4) is 0 Å². The molecule has 0 radical (unpaired) electrons. The molecule has 4 amide bonds. The number of nitrogens with one attached hydrogen (secondary N) is 1. The number of hydrogen-bond acceptors (Lipinski definition) is 4. The average molecular weight is 507 g/mol.